The highest BCUT2D eigenvalue weighted by atomic mass is 16.5. The first-order valence-electron chi connectivity index (χ1n) is 7.84. The van der Waals surface area contributed by atoms with Gasteiger partial charge in [0.15, 0.2) is 11.5 Å². The Hall–Kier alpha value is -1.40. The van der Waals surface area contributed by atoms with Crippen molar-refractivity contribution >= 4 is 5.97 Å². The molecule has 0 atom stereocenters. The summed E-state index contributed by atoms with van der Waals surface area (Å²) in [5, 5.41) is 12.4. The molecule has 2 aliphatic rings. The molecule has 0 aliphatic carbocycles. The van der Waals surface area contributed by atoms with Crippen LogP contribution in [0, 0.1) is 5.92 Å². The van der Waals surface area contributed by atoms with Crippen LogP contribution < -0.4 is 0 Å². The van der Waals surface area contributed by atoms with Gasteiger partial charge in [-0.25, -0.2) is 4.79 Å². The number of aromatic carboxylic acids is 1. The van der Waals surface area contributed by atoms with Gasteiger partial charge in [-0.1, -0.05) is 5.16 Å². The summed E-state index contributed by atoms with van der Waals surface area (Å²) >= 11 is 0. The third-order valence-electron chi connectivity index (χ3n) is 4.58. The summed E-state index contributed by atoms with van der Waals surface area (Å²) in [6.07, 6.45) is 5.15. The topological polar surface area (TPSA) is 69.8 Å². The summed E-state index contributed by atoms with van der Waals surface area (Å²) in [6, 6.07) is 1.53. The van der Waals surface area contributed by atoms with E-state index < -0.39 is 5.97 Å². The molecule has 0 unspecified atom stereocenters. The minimum atomic E-state index is -1.03. The molecule has 0 bridgehead atoms. The molecule has 116 valence electrons. The van der Waals surface area contributed by atoms with Crippen LogP contribution in [0.25, 0.3) is 0 Å². The molecule has 1 N–H and O–H groups in total. The number of carboxylic acid groups (broad SMARTS) is 1. The van der Waals surface area contributed by atoms with Gasteiger partial charge in [0.05, 0.1) is 6.54 Å². The van der Waals surface area contributed by atoms with Crippen LogP contribution in [0.15, 0.2) is 10.6 Å². The minimum absolute atomic E-state index is 0.00563. The lowest BCUT2D eigenvalue weighted by atomic mass is 9.96. The predicted molar refractivity (Wildman–Crippen MR) is 77.1 cm³/mol. The summed E-state index contributed by atoms with van der Waals surface area (Å²) in [5.74, 6) is 0.420. The summed E-state index contributed by atoms with van der Waals surface area (Å²) in [7, 11) is 0. The molecule has 3 rings (SSSR count). The van der Waals surface area contributed by atoms with E-state index in [1.54, 1.807) is 0 Å². The van der Waals surface area contributed by atoms with Gasteiger partial charge >= 0.3 is 5.97 Å². The Morgan fingerprint density at radius 3 is 2.57 bits per heavy atom. The molecule has 0 radical (unpaired) electrons. The number of aromatic nitrogens is 1. The van der Waals surface area contributed by atoms with E-state index in [4.69, 9.17) is 9.63 Å². The van der Waals surface area contributed by atoms with Crippen LogP contribution in [0.2, 0.25) is 0 Å². The fourth-order valence-corrected chi connectivity index (χ4v) is 3.37. The fourth-order valence-electron chi connectivity index (χ4n) is 3.37. The zero-order valence-corrected chi connectivity index (χ0v) is 12.3. The van der Waals surface area contributed by atoms with Crippen molar-refractivity contribution in [3.63, 3.8) is 0 Å². The number of carboxylic acids is 1. The molecule has 0 amide bonds. The molecule has 1 aromatic heterocycles. The van der Waals surface area contributed by atoms with Crippen molar-refractivity contribution in [2.24, 2.45) is 5.92 Å². The molecule has 2 aliphatic heterocycles. The van der Waals surface area contributed by atoms with Gasteiger partial charge in [0.2, 0.25) is 0 Å². The van der Waals surface area contributed by atoms with Gasteiger partial charge in [-0.3, -0.25) is 4.90 Å². The third kappa shape index (κ3) is 3.83. The zero-order chi connectivity index (χ0) is 14.7. The highest BCUT2D eigenvalue weighted by Gasteiger charge is 2.23. The number of likely N-dealkylation sites (tertiary alicyclic amines) is 2. The van der Waals surface area contributed by atoms with Gasteiger partial charge in [-0.15, -0.1) is 0 Å². The van der Waals surface area contributed by atoms with E-state index >= 15 is 0 Å². The van der Waals surface area contributed by atoms with Crippen molar-refractivity contribution in [1.29, 1.82) is 0 Å². The van der Waals surface area contributed by atoms with Crippen LogP contribution in [0.4, 0.5) is 0 Å². The lowest BCUT2D eigenvalue weighted by molar-refractivity contribution is 0.0685. The predicted octanol–water partition coefficient (Wildman–Crippen LogP) is 1.68. The second kappa shape index (κ2) is 6.58. The van der Waals surface area contributed by atoms with E-state index in [1.165, 1.54) is 51.4 Å². The van der Waals surface area contributed by atoms with Crippen LogP contribution >= 0.6 is 0 Å². The normalized spacial score (nSPS) is 21.9. The molecular weight excluding hydrogens is 270 g/mol. The van der Waals surface area contributed by atoms with Crippen molar-refractivity contribution < 1.29 is 14.4 Å². The van der Waals surface area contributed by atoms with E-state index in [1.807, 2.05) is 0 Å². The quantitative estimate of drug-likeness (QED) is 0.890. The Morgan fingerprint density at radius 2 is 1.95 bits per heavy atom. The van der Waals surface area contributed by atoms with E-state index in [-0.39, 0.29) is 5.69 Å². The number of carbonyl (C=O) groups is 1. The molecule has 2 fully saturated rings. The molecule has 0 spiro atoms. The van der Waals surface area contributed by atoms with Gasteiger partial charge in [-0.2, -0.15) is 0 Å². The van der Waals surface area contributed by atoms with Crippen molar-refractivity contribution in [3.8, 4) is 0 Å². The number of hydrogen-bond donors (Lipinski definition) is 1. The van der Waals surface area contributed by atoms with Crippen molar-refractivity contribution in [2.45, 2.75) is 32.2 Å². The highest BCUT2D eigenvalue weighted by Crippen LogP contribution is 2.22. The Balaban J connectivity index is 1.43. The Kier molecular flexibility index (Phi) is 4.55. The smallest absolute Gasteiger partial charge is 0.358 e. The standard InChI is InChI=1S/C15H23N3O3/c19-15(20)14-9-13(21-16-14)11-18-7-3-12(4-8-18)10-17-5-1-2-6-17/h9,12H,1-8,10-11H2,(H,19,20). The molecule has 21 heavy (non-hydrogen) atoms. The molecule has 0 saturated carbocycles. The maximum atomic E-state index is 10.8. The highest BCUT2D eigenvalue weighted by molar-refractivity contribution is 5.85. The van der Waals surface area contributed by atoms with Crippen LogP contribution in [-0.4, -0.2) is 58.8 Å². The second-order valence-electron chi connectivity index (χ2n) is 6.21. The zero-order valence-electron chi connectivity index (χ0n) is 12.3. The second-order valence-corrected chi connectivity index (χ2v) is 6.21. The van der Waals surface area contributed by atoms with Crippen molar-refractivity contribution in [3.05, 3.63) is 17.5 Å². The molecule has 0 aromatic carbocycles. The van der Waals surface area contributed by atoms with Crippen molar-refractivity contribution in [2.75, 3.05) is 32.7 Å². The average Bonchev–Trinajstić information content (AvgIpc) is 3.12. The molecule has 3 heterocycles. The summed E-state index contributed by atoms with van der Waals surface area (Å²) in [6.45, 7) is 6.58. The molecule has 1 aromatic rings. The average molecular weight is 293 g/mol. The van der Waals surface area contributed by atoms with Gasteiger partial charge < -0.3 is 14.5 Å². The number of piperidine rings is 1. The van der Waals surface area contributed by atoms with E-state index in [2.05, 4.69) is 15.0 Å². The maximum absolute atomic E-state index is 10.8. The van der Waals surface area contributed by atoms with E-state index in [9.17, 15) is 4.79 Å². The number of nitrogens with zero attached hydrogens (tertiary/aromatic N) is 3. The molecule has 6 heteroatoms. The number of hydrogen-bond acceptors (Lipinski definition) is 5. The Morgan fingerprint density at radius 1 is 1.24 bits per heavy atom. The van der Waals surface area contributed by atoms with E-state index in [0.29, 0.717) is 12.3 Å². The third-order valence-corrected chi connectivity index (χ3v) is 4.58. The largest absolute Gasteiger partial charge is 0.476 e. The Bertz CT molecular complexity index is 474. The summed E-state index contributed by atoms with van der Waals surface area (Å²) in [5.41, 5.74) is -0.00563. The maximum Gasteiger partial charge on any atom is 0.358 e. The fraction of sp³-hybridized carbons (Fsp3) is 0.733. The van der Waals surface area contributed by atoms with Gasteiger partial charge in [-0.05, 0) is 57.8 Å². The van der Waals surface area contributed by atoms with E-state index in [0.717, 1.165) is 19.0 Å². The van der Waals surface area contributed by atoms with Crippen LogP contribution in [0.5, 0.6) is 0 Å². The number of rotatable bonds is 5. The van der Waals surface area contributed by atoms with Crippen molar-refractivity contribution in [1.82, 2.24) is 15.0 Å². The lowest BCUT2D eigenvalue weighted by Gasteiger charge is -2.33. The van der Waals surface area contributed by atoms with Gasteiger partial charge in [0, 0.05) is 12.6 Å². The molecular formula is C15H23N3O3. The molecule has 2 saturated heterocycles. The SMILES string of the molecule is O=C(O)c1cc(CN2CCC(CN3CCCC3)CC2)on1. The first kappa shape index (κ1) is 14.5. The Labute approximate surface area is 124 Å². The van der Waals surface area contributed by atoms with Gasteiger partial charge in [0.1, 0.15) is 0 Å². The van der Waals surface area contributed by atoms with Crippen LogP contribution in [0.3, 0.4) is 0 Å². The first-order valence-corrected chi connectivity index (χ1v) is 7.84. The monoisotopic (exact) mass is 293 g/mol. The van der Waals surface area contributed by atoms with Crippen LogP contribution in [-0.2, 0) is 6.54 Å². The van der Waals surface area contributed by atoms with Crippen LogP contribution in [0.1, 0.15) is 41.9 Å². The minimum Gasteiger partial charge on any atom is -0.476 e. The summed E-state index contributed by atoms with van der Waals surface area (Å²) in [4.78, 5) is 15.7. The molecule has 6 nitrogen and oxygen atoms in total. The lowest BCUT2D eigenvalue weighted by Crippen LogP contribution is -2.37. The summed E-state index contributed by atoms with van der Waals surface area (Å²) < 4.78 is 5.08. The first-order chi connectivity index (χ1) is 10.2. The van der Waals surface area contributed by atoms with Gasteiger partial charge in [0.25, 0.3) is 0 Å².